The molecule has 1 aromatic rings. The van der Waals surface area contributed by atoms with Gasteiger partial charge in [0.2, 0.25) is 5.91 Å². The Balaban J connectivity index is 2.00. The van der Waals surface area contributed by atoms with Crippen LogP contribution in [-0.4, -0.2) is 11.9 Å². The summed E-state index contributed by atoms with van der Waals surface area (Å²) in [6, 6.07) is 4.67. The van der Waals surface area contributed by atoms with E-state index in [9.17, 15) is 9.18 Å². The third kappa shape index (κ3) is 3.53. The maximum atomic E-state index is 13.7. The molecule has 1 aliphatic carbocycles. The second kappa shape index (κ2) is 5.29. The van der Waals surface area contributed by atoms with Crippen LogP contribution >= 0.6 is 0 Å². The first kappa shape index (κ1) is 14.0. The van der Waals surface area contributed by atoms with Crippen LogP contribution in [0.5, 0.6) is 0 Å². The van der Waals surface area contributed by atoms with Gasteiger partial charge >= 0.3 is 0 Å². The van der Waals surface area contributed by atoms with Crippen LogP contribution in [-0.2, 0) is 6.54 Å². The smallest absolute Gasteiger partial charge is 0.248 e. The highest BCUT2D eigenvalue weighted by Gasteiger charge is 2.30. The van der Waals surface area contributed by atoms with Crippen LogP contribution in [0.4, 0.5) is 4.39 Å². The summed E-state index contributed by atoms with van der Waals surface area (Å²) >= 11 is 0. The molecular formula is C15H21FN2O. The van der Waals surface area contributed by atoms with Crippen molar-refractivity contribution in [2.45, 2.75) is 45.7 Å². The molecule has 1 saturated carbocycles. The summed E-state index contributed by atoms with van der Waals surface area (Å²) < 4.78 is 13.7. The predicted octanol–water partition coefficient (Wildman–Crippen LogP) is 2.59. The molecule has 0 aliphatic heterocycles. The van der Waals surface area contributed by atoms with Crippen molar-refractivity contribution in [1.82, 2.24) is 5.32 Å². The van der Waals surface area contributed by atoms with Gasteiger partial charge < -0.3 is 11.1 Å². The molecule has 1 amide bonds. The summed E-state index contributed by atoms with van der Waals surface area (Å²) in [7, 11) is 0. The van der Waals surface area contributed by atoms with E-state index < -0.39 is 5.91 Å². The first-order valence-electron chi connectivity index (χ1n) is 6.69. The van der Waals surface area contributed by atoms with Crippen molar-refractivity contribution in [2.75, 3.05) is 0 Å². The number of carbonyl (C=O) groups excluding carboxylic acids is 1. The SMILES string of the molecule is CC1(C)CCC(NCc2cc(C(N)=O)ccc2F)C1. The van der Waals surface area contributed by atoms with Gasteiger partial charge in [-0.2, -0.15) is 0 Å². The van der Waals surface area contributed by atoms with Gasteiger partial charge in [0.05, 0.1) is 0 Å². The van der Waals surface area contributed by atoms with Gasteiger partial charge in [-0.15, -0.1) is 0 Å². The van der Waals surface area contributed by atoms with Crippen LogP contribution in [0.2, 0.25) is 0 Å². The number of amides is 1. The molecule has 1 unspecified atom stereocenters. The fourth-order valence-corrected chi connectivity index (χ4v) is 2.73. The molecule has 1 fully saturated rings. The lowest BCUT2D eigenvalue weighted by Gasteiger charge is -2.18. The van der Waals surface area contributed by atoms with Crippen molar-refractivity contribution in [1.29, 1.82) is 0 Å². The van der Waals surface area contributed by atoms with Crippen LogP contribution in [0.1, 0.15) is 49.0 Å². The molecule has 0 heterocycles. The number of rotatable bonds is 4. The van der Waals surface area contributed by atoms with Crippen molar-refractivity contribution in [3.05, 3.63) is 35.1 Å². The number of hydrogen-bond acceptors (Lipinski definition) is 2. The van der Waals surface area contributed by atoms with E-state index in [1.807, 2.05) is 0 Å². The van der Waals surface area contributed by atoms with Crippen molar-refractivity contribution in [3.8, 4) is 0 Å². The molecule has 104 valence electrons. The van der Waals surface area contributed by atoms with Crippen LogP contribution in [0.15, 0.2) is 18.2 Å². The standard InChI is InChI=1S/C15H21FN2O/c1-15(2)6-5-12(8-15)18-9-11-7-10(14(17)19)3-4-13(11)16/h3-4,7,12,18H,5-6,8-9H2,1-2H3,(H2,17,19). The number of carbonyl (C=O) groups is 1. The summed E-state index contributed by atoms with van der Waals surface area (Å²) in [5.41, 5.74) is 6.42. The fourth-order valence-electron chi connectivity index (χ4n) is 2.73. The zero-order chi connectivity index (χ0) is 14.0. The van der Waals surface area contributed by atoms with E-state index in [4.69, 9.17) is 5.73 Å². The summed E-state index contributed by atoms with van der Waals surface area (Å²) in [4.78, 5) is 11.1. The second-order valence-corrected chi connectivity index (χ2v) is 6.16. The van der Waals surface area contributed by atoms with Crippen molar-refractivity contribution < 1.29 is 9.18 Å². The first-order chi connectivity index (χ1) is 8.87. The van der Waals surface area contributed by atoms with E-state index in [0.717, 1.165) is 12.8 Å². The van der Waals surface area contributed by atoms with Gasteiger partial charge in [-0.3, -0.25) is 4.79 Å². The molecule has 4 heteroatoms. The molecule has 1 aliphatic rings. The highest BCUT2D eigenvalue weighted by atomic mass is 19.1. The number of nitrogens with one attached hydrogen (secondary N) is 1. The van der Waals surface area contributed by atoms with Gasteiger partial charge in [-0.1, -0.05) is 13.8 Å². The largest absolute Gasteiger partial charge is 0.366 e. The fraction of sp³-hybridized carbons (Fsp3) is 0.533. The van der Waals surface area contributed by atoms with Crippen molar-refractivity contribution in [2.24, 2.45) is 11.1 Å². The minimum absolute atomic E-state index is 0.297. The molecular weight excluding hydrogens is 243 g/mol. The third-order valence-electron chi connectivity index (χ3n) is 3.88. The average Bonchev–Trinajstić information content (AvgIpc) is 2.67. The highest BCUT2D eigenvalue weighted by molar-refractivity contribution is 5.92. The van der Waals surface area contributed by atoms with Gasteiger partial charge in [-0.25, -0.2) is 4.39 Å². The lowest BCUT2D eigenvalue weighted by Crippen LogP contribution is -2.27. The maximum absolute atomic E-state index is 13.7. The van der Waals surface area contributed by atoms with Gasteiger partial charge in [0, 0.05) is 23.7 Å². The predicted molar refractivity (Wildman–Crippen MR) is 73.2 cm³/mol. The zero-order valence-electron chi connectivity index (χ0n) is 11.5. The minimum Gasteiger partial charge on any atom is -0.366 e. The molecule has 0 spiro atoms. The van der Waals surface area contributed by atoms with Crippen molar-refractivity contribution >= 4 is 5.91 Å². The van der Waals surface area contributed by atoms with Gasteiger partial charge in [-0.05, 0) is 42.9 Å². The van der Waals surface area contributed by atoms with E-state index >= 15 is 0 Å². The molecule has 1 atom stereocenters. The quantitative estimate of drug-likeness (QED) is 0.878. The summed E-state index contributed by atoms with van der Waals surface area (Å²) in [6.07, 6.45) is 3.41. The molecule has 3 N–H and O–H groups in total. The topological polar surface area (TPSA) is 55.1 Å². The average molecular weight is 264 g/mol. The number of benzene rings is 1. The summed E-state index contributed by atoms with van der Waals surface area (Å²) in [6.45, 7) is 4.94. The maximum Gasteiger partial charge on any atom is 0.248 e. The van der Waals surface area contributed by atoms with E-state index in [1.54, 1.807) is 0 Å². The Morgan fingerprint density at radius 2 is 2.26 bits per heavy atom. The number of halogens is 1. The minimum atomic E-state index is -0.525. The Bertz CT molecular complexity index is 485. The molecule has 19 heavy (non-hydrogen) atoms. The van der Waals surface area contributed by atoms with E-state index in [-0.39, 0.29) is 5.82 Å². The van der Waals surface area contributed by atoms with Crippen LogP contribution in [0, 0.1) is 11.2 Å². The number of hydrogen-bond donors (Lipinski definition) is 2. The normalized spacial score (nSPS) is 21.5. The molecule has 0 bridgehead atoms. The van der Waals surface area contributed by atoms with Crippen molar-refractivity contribution in [3.63, 3.8) is 0 Å². The number of nitrogens with two attached hydrogens (primary N) is 1. The highest BCUT2D eigenvalue weighted by Crippen LogP contribution is 2.37. The van der Waals surface area contributed by atoms with Crippen LogP contribution < -0.4 is 11.1 Å². The third-order valence-corrected chi connectivity index (χ3v) is 3.88. The summed E-state index contributed by atoms with van der Waals surface area (Å²) in [5.74, 6) is -0.821. The van der Waals surface area contributed by atoms with E-state index in [0.29, 0.717) is 29.1 Å². The lowest BCUT2D eigenvalue weighted by molar-refractivity contribution is 0.1000. The van der Waals surface area contributed by atoms with E-state index in [1.165, 1.54) is 24.6 Å². The Labute approximate surface area is 113 Å². The Morgan fingerprint density at radius 1 is 1.53 bits per heavy atom. The molecule has 0 aromatic heterocycles. The lowest BCUT2D eigenvalue weighted by atomic mass is 9.92. The monoisotopic (exact) mass is 264 g/mol. The Kier molecular flexibility index (Phi) is 3.90. The number of primary amides is 1. The van der Waals surface area contributed by atoms with Gasteiger partial charge in [0.1, 0.15) is 5.82 Å². The van der Waals surface area contributed by atoms with E-state index in [2.05, 4.69) is 19.2 Å². The van der Waals surface area contributed by atoms with Crippen LogP contribution in [0.25, 0.3) is 0 Å². The Hall–Kier alpha value is -1.42. The molecule has 2 rings (SSSR count). The second-order valence-electron chi connectivity index (χ2n) is 6.16. The zero-order valence-corrected chi connectivity index (χ0v) is 11.5. The summed E-state index contributed by atoms with van der Waals surface area (Å²) in [5, 5.41) is 3.37. The Morgan fingerprint density at radius 3 is 2.84 bits per heavy atom. The molecule has 0 saturated heterocycles. The van der Waals surface area contributed by atoms with Crippen LogP contribution in [0.3, 0.4) is 0 Å². The van der Waals surface area contributed by atoms with Gasteiger partial charge in [0.15, 0.2) is 0 Å². The molecule has 0 radical (unpaired) electrons. The molecule has 1 aromatic carbocycles. The first-order valence-corrected chi connectivity index (χ1v) is 6.69. The molecule has 3 nitrogen and oxygen atoms in total. The van der Waals surface area contributed by atoms with Gasteiger partial charge in [0.25, 0.3) is 0 Å².